The van der Waals surface area contributed by atoms with Gasteiger partial charge in [-0.15, -0.1) is 0 Å². The van der Waals surface area contributed by atoms with Crippen LogP contribution in [0.3, 0.4) is 0 Å². The van der Waals surface area contributed by atoms with E-state index in [1.54, 1.807) is 5.57 Å². The molecule has 2 atom stereocenters. The first-order valence-electron chi connectivity index (χ1n) is 22.2. The average Bonchev–Trinajstić information content (AvgIpc) is 3.34. The fourth-order valence-corrected chi connectivity index (χ4v) is 11.3. The zero-order valence-electron chi connectivity index (χ0n) is 35.2. The largest absolute Gasteiger partial charge is 0.310 e. The minimum Gasteiger partial charge on any atom is -0.310 e. The van der Waals surface area contributed by atoms with E-state index < -0.39 is 0 Å². The lowest BCUT2D eigenvalue weighted by atomic mass is 9.53. The van der Waals surface area contributed by atoms with Crippen LogP contribution in [0.15, 0.2) is 224 Å². The van der Waals surface area contributed by atoms with Crippen molar-refractivity contribution in [3.8, 4) is 22.3 Å². The van der Waals surface area contributed by atoms with Crippen LogP contribution >= 0.6 is 0 Å². The molecule has 3 aliphatic rings. The van der Waals surface area contributed by atoms with E-state index >= 15 is 0 Å². The molecule has 0 aliphatic heterocycles. The molecule has 1 unspecified atom stereocenters. The van der Waals surface area contributed by atoms with Gasteiger partial charge < -0.3 is 4.90 Å². The normalized spacial score (nSPS) is 17.7. The Morgan fingerprint density at radius 1 is 0.435 bits per heavy atom. The standard InChI is InChI=1S/C61H47N/c1-61(2)58-25-13-11-19-49(58)44-31-36-50(59(61)39-44)40-27-32-45(33-28-40)62(46-34-29-41(30-35-46)56-37-42-15-3-5-17-47(42)51-20-7-9-22-53(51)56)60-26-14-12-24-55(60)57-38-43-16-4-6-18-48(43)52-21-8-10-23-54(52)57/h3-24,26-38,58-59H,25,39H2,1-2H3/t58?,59-/m0/s1. The summed E-state index contributed by atoms with van der Waals surface area (Å²) in [5, 5.41) is 10.2. The van der Waals surface area contributed by atoms with Crippen LogP contribution in [0.25, 0.3) is 70.9 Å². The van der Waals surface area contributed by atoms with Crippen molar-refractivity contribution in [1.29, 1.82) is 0 Å². The SMILES string of the molecule is CC1(C)C2CC=CC=C2C2=CC=C(c3ccc(N(c4ccc(-c5cc6ccccc6c6ccccc56)cc4)c4ccccc4-c4cc5ccccc5c5ccccc45)cc3)[C@@H]1C2. The maximum Gasteiger partial charge on any atom is 0.0540 e. The first-order chi connectivity index (χ1) is 30.5. The number of para-hydroxylation sites is 1. The third-order valence-electron chi connectivity index (χ3n) is 14.5. The van der Waals surface area contributed by atoms with Crippen LogP contribution in [0.2, 0.25) is 0 Å². The van der Waals surface area contributed by atoms with Gasteiger partial charge in [0, 0.05) is 16.9 Å². The Morgan fingerprint density at radius 3 is 1.63 bits per heavy atom. The van der Waals surface area contributed by atoms with Crippen molar-refractivity contribution in [2.45, 2.75) is 26.7 Å². The van der Waals surface area contributed by atoms with E-state index in [0.717, 1.165) is 29.9 Å². The monoisotopic (exact) mass is 793 g/mol. The molecule has 62 heavy (non-hydrogen) atoms. The summed E-state index contributed by atoms with van der Waals surface area (Å²) in [5.41, 5.74) is 14.3. The van der Waals surface area contributed by atoms with Gasteiger partial charge in [0.1, 0.15) is 0 Å². The fourth-order valence-electron chi connectivity index (χ4n) is 11.3. The zero-order valence-corrected chi connectivity index (χ0v) is 35.2. The van der Waals surface area contributed by atoms with E-state index in [-0.39, 0.29) is 5.41 Å². The molecular weight excluding hydrogens is 747 g/mol. The van der Waals surface area contributed by atoms with Gasteiger partial charge in [0.2, 0.25) is 0 Å². The zero-order chi connectivity index (χ0) is 41.4. The lowest BCUT2D eigenvalue weighted by Gasteiger charge is -2.50. The van der Waals surface area contributed by atoms with Crippen LogP contribution in [0, 0.1) is 17.3 Å². The molecule has 0 saturated heterocycles. The van der Waals surface area contributed by atoms with Crippen molar-refractivity contribution < 1.29 is 0 Å². The predicted molar refractivity (Wildman–Crippen MR) is 265 cm³/mol. The van der Waals surface area contributed by atoms with E-state index in [0.29, 0.717) is 11.8 Å². The number of benzene rings is 9. The van der Waals surface area contributed by atoms with E-state index in [1.807, 2.05) is 0 Å². The summed E-state index contributed by atoms with van der Waals surface area (Å²) >= 11 is 0. The summed E-state index contributed by atoms with van der Waals surface area (Å²) in [4.78, 5) is 2.47. The first kappa shape index (κ1) is 36.6. The fraction of sp³-hybridized carbons (Fsp3) is 0.115. The number of nitrogens with zero attached hydrogens (tertiary/aromatic N) is 1. The summed E-state index contributed by atoms with van der Waals surface area (Å²) in [5.74, 6) is 1.02. The number of rotatable bonds is 6. The van der Waals surface area contributed by atoms with Crippen LogP contribution in [0.4, 0.5) is 17.1 Å². The Hall–Kier alpha value is -7.22. The smallest absolute Gasteiger partial charge is 0.0540 e. The maximum atomic E-state index is 2.50. The van der Waals surface area contributed by atoms with E-state index in [4.69, 9.17) is 0 Å². The van der Waals surface area contributed by atoms with Gasteiger partial charge in [0.05, 0.1) is 5.69 Å². The number of hydrogen-bond acceptors (Lipinski definition) is 1. The Balaban J connectivity index is 1.01. The molecule has 0 spiro atoms. The Bertz CT molecular complexity index is 3370. The number of fused-ring (bicyclic) bond motifs is 10. The van der Waals surface area contributed by atoms with Gasteiger partial charge >= 0.3 is 0 Å². The Morgan fingerprint density at radius 2 is 0.968 bits per heavy atom. The van der Waals surface area contributed by atoms with Crippen molar-refractivity contribution >= 4 is 65.7 Å². The number of hydrogen-bond donors (Lipinski definition) is 0. The summed E-state index contributed by atoms with van der Waals surface area (Å²) in [6, 6.07) is 67.6. The summed E-state index contributed by atoms with van der Waals surface area (Å²) in [7, 11) is 0. The molecule has 9 aromatic rings. The Labute approximate surface area is 364 Å². The maximum absolute atomic E-state index is 2.50. The minimum absolute atomic E-state index is 0.157. The molecule has 0 amide bonds. The molecule has 1 heteroatoms. The van der Waals surface area contributed by atoms with E-state index in [2.05, 4.69) is 231 Å². The molecule has 0 heterocycles. The molecule has 0 aromatic heterocycles. The lowest BCUT2D eigenvalue weighted by Crippen LogP contribution is -2.40. The van der Waals surface area contributed by atoms with Gasteiger partial charge in [0.15, 0.2) is 0 Å². The number of anilines is 3. The molecule has 2 bridgehead atoms. The molecule has 0 radical (unpaired) electrons. The average molecular weight is 794 g/mol. The van der Waals surface area contributed by atoms with Gasteiger partial charge in [-0.2, -0.15) is 0 Å². The molecule has 0 N–H and O–H groups in total. The van der Waals surface area contributed by atoms with E-state index in [9.17, 15) is 0 Å². The highest BCUT2D eigenvalue weighted by Gasteiger charge is 2.47. The van der Waals surface area contributed by atoms with Crippen LogP contribution in [-0.4, -0.2) is 0 Å². The van der Waals surface area contributed by atoms with Gasteiger partial charge in [-0.3, -0.25) is 0 Å². The van der Waals surface area contributed by atoms with Gasteiger partial charge in [-0.1, -0.05) is 184 Å². The minimum atomic E-state index is 0.157. The molecule has 1 saturated carbocycles. The first-order valence-corrected chi connectivity index (χ1v) is 22.2. The topological polar surface area (TPSA) is 3.24 Å². The molecule has 296 valence electrons. The van der Waals surface area contributed by atoms with Crippen molar-refractivity contribution in [3.05, 3.63) is 229 Å². The molecule has 1 fully saturated rings. The second-order valence-electron chi connectivity index (χ2n) is 18.1. The van der Waals surface area contributed by atoms with Crippen LogP contribution in [0.5, 0.6) is 0 Å². The van der Waals surface area contributed by atoms with Gasteiger partial charge in [-0.05, 0) is 155 Å². The summed E-state index contributed by atoms with van der Waals surface area (Å²) < 4.78 is 0. The highest BCUT2D eigenvalue weighted by molar-refractivity contribution is 6.16. The molecule has 3 aliphatic carbocycles. The van der Waals surface area contributed by atoms with Crippen molar-refractivity contribution in [3.63, 3.8) is 0 Å². The summed E-state index contributed by atoms with van der Waals surface area (Å²) in [6.07, 6.45) is 14.0. The third kappa shape index (κ3) is 5.83. The second kappa shape index (κ2) is 14.5. The molecule has 1 nitrogen and oxygen atoms in total. The van der Waals surface area contributed by atoms with Crippen molar-refractivity contribution in [2.75, 3.05) is 4.90 Å². The van der Waals surface area contributed by atoms with Crippen molar-refractivity contribution in [1.82, 2.24) is 0 Å². The lowest BCUT2D eigenvalue weighted by molar-refractivity contribution is 0.158. The highest BCUT2D eigenvalue weighted by Crippen LogP contribution is 2.58. The van der Waals surface area contributed by atoms with E-state index in [1.165, 1.54) is 82.1 Å². The quantitative estimate of drug-likeness (QED) is 0.152. The predicted octanol–water partition coefficient (Wildman–Crippen LogP) is 17.0. The molecule has 9 aromatic carbocycles. The Kier molecular flexibility index (Phi) is 8.54. The van der Waals surface area contributed by atoms with Gasteiger partial charge in [0.25, 0.3) is 0 Å². The highest BCUT2D eigenvalue weighted by atomic mass is 15.1. The van der Waals surface area contributed by atoms with Gasteiger partial charge in [-0.25, -0.2) is 0 Å². The van der Waals surface area contributed by atoms with Crippen molar-refractivity contribution in [2.24, 2.45) is 17.3 Å². The molecular formula is C61H47N. The van der Waals surface area contributed by atoms with Crippen LogP contribution in [-0.2, 0) is 0 Å². The number of allylic oxidation sites excluding steroid dienone is 8. The molecule has 12 rings (SSSR count). The second-order valence-corrected chi connectivity index (χ2v) is 18.1. The third-order valence-corrected chi connectivity index (χ3v) is 14.5. The van der Waals surface area contributed by atoms with Crippen LogP contribution < -0.4 is 4.90 Å². The van der Waals surface area contributed by atoms with Crippen LogP contribution in [0.1, 0.15) is 32.3 Å². The summed E-state index contributed by atoms with van der Waals surface area (Å²) in [6.45, 7) is 5.00.